The second-order valence-electron chi connectivity index (χ2n) is 22.8. The quantitative estimate of drug-likeness (QED) is 0.0712. The third-order valence-corrected chi connectivity index (χ3v) is 14.6. The zero-order valence-corrected chi connectivity index (χ0v) is 47.0. The smallest absolute Gasteiger partial charge is 0.251 e. The Morgan fingerprint density at radius 1 is 0.584 bits per heavy atom. The number of hydrogen-bond donors (Lipinski definition) is 6. The van der Waals surface area contributed by atoms with Crippen molar-refractivity contribution in [2.75, 3.05) is 59.4 Å². The maximum atomic E-state index is 14.2. The monoisotopic (exact) mass is 1060 g/mol. The number of nitrogens with two attached hydrogens (primary N) is 1. The molecule has 6 atom stereocenters. The summed E-state index contributed by atoms with van der Waals surface area (Å²) in [6.45, 7) is 17.3. The first-order valence-electron chi connectivity index (χ1n) is 27.4. The SMILES string of the molecule is CN[C@@H](C)C(=O)N[C@H](C(=O)N1CCC[C@H]1CN(CCc1ccccc1)C(=O)CCNC(=O)c1ccc(C(=O)NCCC(=O)N(CCc2ccccc2)C[C@@H]2CCCN2C(=O)[C@@H](NC(=O)[C@H](C)N)C(C)(C)C)cc1)C(C)(C)C. The molecule has 420 valence electrons. The fraction of sp³-hybridized carbons (Fsp3) is 0.559. The van der Waals surface area contributed by atoms with E-state index in [9.17, 15) is 38.4 Å². The summed E-state index contributed by atoms with van der Waals surface area (Å²) < 4.78 is 0. The first-order valence-corrected chi connectivity index (χ1v) is 27.4. The van der Waals surface area contributed by atoms with Gasteiger partial charge in [-0.2, -0.15) is 0 Å². The third-order valence-electron chi connectivity index (χ3n) is 14.6. The summed E-state index contributed by atoms with van der Waals surface area (Å²) in [5.41, 5.74) is 7.42. The summed E-state index contributed by atoms with van der Waals surface area (Å²) in [5.74, 6) is -2.23. The molecule has 77 heavy (non-hydrogen) atoms. The van der Waals surface area contributed by atoms with Gasteiger partial charge in [0.15, 0.2) is 0 Å². The predicted octanol–water partition coefficient (Wildman–Crippen LogP) is 4.07. The fourth-order valence-corrected chi connectivity index (χ4v) is 9.75. The molecule has 8 amide bonds. The van der Waals surface area contributed by atoms with Crippen molar-refractivity contribution < 1.29 is 38.4 Å². The standard InChI is InChI=1S/C59H86N10O8/c1-40(60)52(72)64-50(58(3,4)5)56(76)68-34-16-22-46(68)38-66(36-30-42-18-12-10-13-19-42)48(70)28-32-62-54(74)44-24-26-45(27-25-44)55(75)63-33-29-49(71)67(37-31-43-20-14-11-15-21-43)39-47-23-17-35-69(47)57(77)51(59(6,7)8)65-53(73)41(2)61-9/h10-15,18-21,24-27,40-41,46-47,50-51,61H,16-17,22-23,28-39,60H2,1-9H3,(H,62,74)(H,63,75)(H,64,72)(H,65,73)/t40-,41-,46-,47-,50+,51+/m0/s1. The minimum Gasteiger partial charge on any atom is -0.352 e. The number of carbonyl (C=O) groups excluding carboxylic acids is 8. The molecule has 18 nitrogen and oxygen atoms in total. The Balaban J connectivity index is 1.16. The van der Waals surface area contributed by atoms with Crippen LogP contribution in [0, 0.1) is 10.8 Å². The van der Waals surface area contributed by atoms with Gasteiger partial charge >= 0.3 is 0 Å². The number of carbonyl (C=O) groups is 8. The van der Waals surface area contributed by atoms with Gasteiger partial charge in [-0.15, -0.1) is 0 Å². The number of nitrogens with one attached hydrogen (secondary N) is 5. The lowest BCUT2D eigenvalue weighted by Gasteiger charge is -2.37. The summed E-state index contributed by atoms with van der Waals surface area (Å²) in [4.78, 5) is 116. The maximum Gasteiger partial charge on any atom is 0.251 e. The first-order chi connectivity index (χ1) is 36.5. The molecule has 18 heteroatoms. The van der Waals surface area contributed by atoms with E-state index in [-0.39, 0.29) is 67.6 Å². The van der Waals surface area contributed by atoms with Crippen molar-refractivity contribution in [3.63, 3.8) is 0 Å². The second-order valence-corrected chi connectivity index (χ2v) is 22.8. The minimum atomic E-state index is -0.804. The van der Waals surface area contributed by atoms with Crippen LogP contribution in [0.5, 0.6) is 0 Å². The number of likely N-dealkylation sites (N-methyl/N-ethyl adjacent to an activating group) is 1. The van der Waals surface area contributed by atoms with Crippen molar-refractivity contribution in [3.05, 3.63) is 107 Å². The summed E-state index contributed by atoms with van der Waals surface area (Å²) in [5, 5.41) is 14.4. The van der Waals surface area contributed by atoms with E-state index in [1.807, 2.05) is 107 Å². The van der Waals surface area contributed by atoms with Crippen molar-refractivity contribution in [2.45, 2.75) is 143 Å². The Labute approximate surface area is 456 Å². The highest BCUT2D eigenvalue weighted by Gasteiger charge is 2.42. The zero-order valence-electron chi connectivity index (χ0n) is 47.0. The fourth-order valence-electron chi connectivity index (χ4n) is 9.75. The topological polar surface area (TPSA) is 236 Å². The Hall–Kier alpha value is -6.66. The van der Waals surface area contributed by atoms with Gasteiger partial charge in [-0.3, -0.25) is 38.4 Å². The molecule has 5 rings (SSSR count). The molecule has 0 aromatic heterocycles. The number of amides is 8. The molecule has 2 fully saturated rings. The minimum absolute atomic E-state index is 0.0180. The van der Waals surface area contributed by atoms with Crippen LogP contribution in [-0.4, -0.2) is 163 Å². The lowest BCUT2D eigenvalue weighted by molar-refractivity contribution is -0.142. The Morgan fingerprint density at radius 2 is 0.961 bits per heavy atom. The Morgan fingerprint density at radius 3 is 1.31 bits per heavy atom. The predicted molar refractivity (Wildman–Crippen MR) is 298 cm³/mol. The van der Waals surface area contributed by atoms with Gasteiger partial charge in [-0.25, -0.2) is 0 Å². The van der Waals surface area contributed by atoms with E-state index < -0.39 is 52.7 Å². The Bertz CT molecular complexity index is 2460. The van der Waals surface area contributed by atoms with Crippen LogP contribution in [0.4, 0.5) is 0 Å². The van der Waals surface area contributed by atoms with Crippen LogP contribution >= 0.6 is 0 Å². The number of rotatable bonds is 25. The van der Waals surface area contributed by atoms with E-state index in [0.29, 0.717) is 76.1 Å². The normalized spacial score (nSPS) is 17.1. The van der Waals surface area contributed by atoms with Crippen molar-refractivity contribution in [2.24, 2.45) is 16.6 Å². The van der Waals surface area contributed by atoms with Gasteiger partial charge in [0, 0.05) is 88.4 Å². The van der Waals surface area contributed by atoms with Crippen molar-refractivity contribution in [1.29, 1.82) is 0 Å². The van der Waals surface area contributed by atoms with E-state index >= 15 is 0 Å². The van der Waals surface area contributed by atoms with Crippen LogP contribution < -0.4 is 32.3 Å². The van der Waals surface area contributed by atoms with Crippen molar-refractivity contribution in [1.82, 2.24) is 46.2 Å². The molecule has 7 N–H and O–H groups in total. The van der Waals surface area contributed by atoms with Crippen LogP contribution in [-0.2, 0) is 41.6 Å². The molecule has 0 radical (unpaired) electrons. The van der Waals surface area contributed by atoms with Crippen molar-refractivity contribution in [3.8, 4) is 0 Å². The molecule has 0 unspecified atom stereocenters. The van der Waals surface area contributed by atoms with Crippen LogP contribution in [0.2, 0.25) is 0 Å². The molecule has 2 aliphatic rings. The van der Waals surface area contributed by atoms with E-state index in [2.05, 4.69) is 26.6 Å². The first kappa shape index (κ1) is 61.2. The summed E-state index contributed by atoms with van der Waals surface area (Å²) in [6.07, 6.45) is 4.17. The molecule has 3 aromatic rings. The van der Waals surface area contributed by atoms with Crippen LogP contribution in [0.15, 0.2) is 84.9 Å². The lowest BCUT2D eigenvalue weighted by atomic mass is 9.85. The molecule has 0 spiro atoms. The molecule has 2 heterocycles. The van der Waals surface area contributed by atoms with Crippen molar-refractivity contribution >= 4 is 47.3 Å². The highest BCUT2D eigenvalue weighted by atomic mass is 16.2. The number of benzene rings is 3. The van der Waals surface area contributed by atoms with Gasteiger partial charge in [0.05, 0.1) is 12.1 Å². The highest BCUT2D eigenvalue weighted by molar-refractivity contribution is 5.98. The summed E-state index contributed by atoms with van der Waals surface area (Å²) in [7, 11) is 1.69. The molecule has 0 saturated carbocycles. The molecule has 2 aliphatic heterocycles. The molecule has 2 saturated heterocycles. The molecular formula is C59H86N10O8. The largest absolute Gasteiger partial charge is 0.352 e. The maximum absolute atomic E-state index is 14.2. The van der Waals surface area contributed by atoms with Crippen LogP contribution in [0.3, 0.4) is 0 Å². The highest BCUT2D eigenvalue weighted by Crippen LogP contribution is 2.28. The second kappa shape index (κ2) is 28.6. The number of nitrogens with zero attached hydrogens (tertiary/aromatic N) is 4. The average Bonchev–Trinajstić information content (AvgIpc) is 4.08. The van der Waals surface area contributed by atoms with Crippen LogP contribution in [0.25, 0.3) is 0 Å². The molecule has 0 aliphatic carbocycles. The molecule has 3 aromatic carbocycles. The lowest BCUT2D eigenvalue weighted by Crippen LogP contribution is -2.59. The summed E-state index contributed by atoms with van der Waals surface area (Å²) >= 11 is 0. The van der Waals surface area contributed by atoms with E-state index in [1.165, 1.54) is 24.3 Å². The summed E-state index contributed by atoms with van der Waals surface area (Å²) in [6, 6.07) is 22.5. The van der Waals surface area contributed by atoms with E-state index in [4.69, 9.17) is 5.73 Å². The van der Waals surface area contributed by atoms with Gasteiger partial charge in [-0.05, 0) is 106 Å². The Kier molecular flexibility index (Phi) is 22.8. The molecular weight excluding hydrogens is 977 g/mol. The van der Waals surface area contributed by atoms with Gasteiger partial charge < -0.3 is 51.9 Å². The van der Waals surface area contributed by atoms with Gasteiger partial charge in [-0.1, -0.05) is 102 Å². The average molecular weight is 1060 g/mol. The number of hydrogen-bond acceptors (Lipinski definition) is 10. The van der Waals surface area contributed by atoms with Gasteiger partial charge in [0.1, 0.15) is 12.1 Å². The molecule has 0 bridgehead atoms. The van der Waals surface area contributed by atoms with Gasteiger partial charge in [0.25, 0.3) is 11.8 Å². The zero-order chi connectivity index (χ0) is 56.5. The number of likely N-dealkylation sites (tertiary alicyclic amines) is 2. The van der Waals surface area contributed by atoms with E-state index in [1.54, 1.807) is 35.6 Å². The van der Waals surface area contributed by atoms with E-state index in [0.717, 1.165) is 24.0 Å². The van der Waals surface area contributed by atoms with Gasteiger partial charge in [0.2, 0.25) is 35.4 Å². The third kappa shape index (κ3) is 18.2. The van der Waals surface area contributed by atoms with Crippen LogP contribution in [0.1, 0.15) is 126 Å².